The molecule has 1 fully saturated rings. The largest absolute Gasteiger partial charge is 0.495 e. The first-order valence-corrected chi connectivity index (χ1v) is 8.22. The Morgan fingerprint density at radius 1 is 1.17 bits per heavy atom. The SMILES string of the molecule is CCCc1noc(CN2CCN(c3ccccc3OC)CC2)n1. The minimum Gasteiger partial charge on any atom is -0.495 e. The molecule has 6 nitrogen and oxygen atoms in total. The minimum atomic E-state index is 0.721. The van der Waals surface area contributed by atoms with Crippen LogP contribution in [-0.4, -0.2) is 48.3 Å². The number of rotatable bonds is 6. The molecule has 2 aromatic rings. The predicted molar refractivity (Wildman–Crippen MR) is 88.8 cm³/mol. The van der Waals surface area contributed by atoms with Crippen LogP contribution in [0.1, 0.15) is 25.1 Å². The van der Waals surface area contributed by atoms with E-state index in [9.17, 15) is 0 Å². The molecule has 0 unspecified atom stereocenters. The number of aromatic nitrogens is 2. The molecule has 6 heteroatoms. The third-order valence-corrected chi connectivity index (χ3v) is 4.14. The van der Waals surface area contributed by atoms with Gasteiger partial charge in [0.1, 0.15) is 5.75 Å². The molecule has 1 aromatic carbocycles. The third-order valence-electron chi connectivity index (χ3n) is 4.14. The number of piperazine rings is 1. The van der Waals surface area contributed by atoms with Crippen LogP contribution in [0.4, 0.5) is 5.69 Å². The Balaban J connectivity index is 1.55. The summed E-state index contributed by atoms with van der Waals surface area (Å²) in [5, 5.41) is 4.02. The van der Waals surface area contributed by atoms with Crippen molar-refractivity contribution in [3.63, 3.8) is 0 Å². The van der Waals surface area contributed by atoms with E-state index in [4.69, 9.17) is 9.26 Å². The summed E-state index contributed by atoms with van der Waals surface area (Å²) in [6.45, 7) is 6.74. The van der Waals surface area contributed by atoms with E-state index < -0.39 is 0 Å². The van der Waals surface area contributed by atoms with Crippen LogP contribution in [0.3, 0.4) is 0 Å². The van der Waals surface area contributed by atoms with Crippen LogP contribution in [0, 0.1) is 0 Å². The maximum atomic E-state index is 5.46. The fourth-order valence-corrected chi connectivity index (χ4v) is 2.91. The highest BCUT2D eigenvalue weighted by Gasteiger charge is 2.21. The van der Waals surface area contributed by atoms with Crippen LogP contribution in [-0.2, 0) is 13.0 Å². The van der Waals surface area contributed by atoms with E-state index in [2.05, 4.69) is 39.0 Å². The number of para-hydroxylation sites is 2. The Morgan fingerprint density at radius 3 is 2.70 bits per heavy atom. The van der Waals surface area contributed by atoms with Crippen molar-refractivity contribution in [3.8, 4) is 5.75 Å². The van der Waals surface area contributed by atoms with Gasteiger partial charge in [0, 0.05) is 32.6 Å². The van der Waals surface area contributed by atoms with Crippen molar-refractivity contribution in [2.75, 3.05) is 38.2 Å². The molecule has 1 aliphatic heterocycles. The van der Waals surface area contributed by atoms with Crippen LogP contribution in [0.25, 0.3) is 0 Å². The Bertz CT molecular complexity index is 621. The van der Waals surface area contributed by atoms with Gasteiger partial charge >= 0.3 is 0 Å². The van der Waals surface area contributed by atoms with Crippen molar-refractivity contribution in [2.24, 2.45) is 0 Å². The average Bonchev–Trinajstić information content (AvgIpc) is 3.03. The molecule has 124 valence electrons. The quantitative estimate of drug-likeness (QED) is 0.815. The summed E-state index contributed by atoms with van der Waals surface area (Å²) < 4.78 is 10.8. The molecule has 0 atom stereocenters. The number of aryl methyl sites for hydroxylation is 1. The maximum Gasteiger partial charge on any atom is 0.240 e. The fraction of sp³-hybridized carbons (Fsp3) is 0.529. The van der Waals surface area contributed by atoms with Crippen LogP contribution in [0.2, 0.25) is 0 Å². The van der Waals surface area contributed by atoms with Gasteiger partial charge in [-0.15, -0.1) is 0 Å². The fourth-order valence-electron chi connectivity index (χ4n) is 2.91. The minimum absolute atomic E-state index is 0.721. The molecule has 23 heavy (non-hydrogen) atoms. The van der Waals surface area contributed by atoms with Crippen molar-refractivity contribution >= 4 is 5.69 Å². The van der Waals surface area contributed by atoms with Gasteiger partial charge in [0.15, 0.2) is 5.82 Å². The number of nitrogens with zero attached hydrogens (tertiary/aromatic N) is 4. The second-order valence-electron chi connectivity index (χ2n) is 5.79. The molecule has 0 N–H and O–H groups in total. The summed E-state index contributed by atoms with van der Waals surface area (Å²) in [5.74, 6) is 2.47. The average molecular weight is 316 g/mol. The Kier molecular flexibility index (Phi) is 5.12. The van der Waals surface area contributed by atoms with Crippen molar-refractivity contribution in [2.45, 2.75) is 26.3 Å². The molecule has 1 saturated heterocycles. The first-order chi connectivity index (χ1) is 11.3. The summed E-state index contributed by atoms with van der Waals surface area (Å²) in [6, 6.07) is 8.18. The number of ether oxygens (including phenoxy) is 1. The lowest BCUT2D eigenvalue weighted by Crippen LogP contribution is -2.46. The lowest BCUT2D eigenvalue weighted by molar-refractivity contribution is 0.215. The molecule has 0 saturated carbocycles. The van der Waals surface area contributed by atoms with Crippen LogP contribution < -0.4 is 9.64 Å². The number of benzene rings is 1. The zero-order chi connectivity index (χ0) is 16.1. The van der Waals surface area contributed by atoms with E-state index in [1.807, 2.05) is 12.1 Å². The van der Waals surface area contributed by atoms with E-state index in [1.54, 1.807) is 7.11 Å². The summed E-state index contributed by atoms with van der Waals surface area (Å²) in [6.07, 6.45) is 1.92. The zero-order valence-electron chi connectivity index (χ0n) is 13.9. The summed E-state index contributed by atoms with van der Waals surface area (Å²) in [7, 11) is 1.72. The van der Waals surface area contributed by atoms with Crippen LogP contribution in [0.5, 0.6) is 5.75 Å². The van der Waals surface area contributed by atoms with E-state index >= 15 is 0 Å². The molecular formula is C17H24N4O2. The van der Waals surface area contributed by atoms with E-state index in [0.717, 1.165) is 68.7 Å². The maximum absolute atomic E-state index is 5.46. The lowest BCUT2D eigenvalue weighted by atomic mass is 10.2. The van der Waals surface area contributed by atoms with Crippen LogP contribution in [0.15, 0.2) is 28.8 Å². The first kappa shape index (κ1) is 15.8. The normalized spacial score (nSPS) is 15.8. The monoisotopic (exact) mass is 316 g/mol. The molecule has 2 heterocycles. The number of hydrogen-bond donors (Lipinski definition) is 0. The zero-order valence-corrected chi connectivity index (χ0v) is 13.9. The Labute approximate surface area is 137 Å². The second kappa shape index (κ2) is 7.46. The van der Waals surface area contributed by atoms with Gasteiger partial charge in [0.05, 0.1) is 19.3 Å². The van der Waals surface area contributed by atoms with Crippen molar-refractivity contribution in [3.05, 3.63) is 36.0 Å². The van der Waals surface area contributed by atoms with Gasteiger partial charge in [-0.1, -0.05) is 24.2 Å². The topological polar surface area (TPSA) is 54.6 Å². The summed E-state index contributed by atoms with van der Waals surface area (Å²) >= 11 is 0. The van der Waals surface area contributed by atoms with Gasteiger partial charge in [-0.05, 0) is 18.6 Å². The number of anilines is 1. The second-order valence-corrected chi connectivity index (χ2v) is 5.79. The number of hydrogen-bond acceptors (Lipinski definition) is 6. The Morgan fingerprint density at radius 2 is 1.96 bits per heavy atom. The lowest BCUT2D eigenvalue weighted by Gasteiger charge is -2.35. The molecule has 0 aliphatic carbocycles. The molecule has 0 radical (unpaired) electrons. The van der Waals surface area contributed by atoms with Gasteiger partial charge in [-0.25, -0.2) is 0 Å². The molecule has 3 rings (SSSR count). The third kappa shape index (κ3) is 3.82. The Hall–Kier alpha value is -2.08. The van der Waals surface area contributed by atoms with Gasteiger partial charge in [-0.2, -0.15) is 4.98 Å². The highest BCUT2D eigenvalue weighted by Crippen LogP contribution is 2.28. The van der Waals surface area contributed by atoms with Crippen LogP contribution >= 0.6 is 0 Å². The highest BCUT2D eigenvalue weighted by molar-refractivity contribution is 5.58. The molecule has 1 aliphatic rings. The van der Waals surface area contributed by atoms with E-state index in [1.165, 1.54) is 0 Å². The molecule has 0 bridgehead atoms. The van der Waals surface area contributed by atoms with E-state index in [0.29, 0.717) is 0 Å². The molecule has 1 aromatic heterocycles. The van der Waals surface area contributed by atoms with Gasteiger partial charge in [-0.3, -0.25) is 4.90 Å². The predicted octanol–water partition coefficient (Wildman–Crippen LogP) is 2.35. The van der Waals surface area contributed by atoms with Gasteiger partial charge < -0.3 is 14.2 Å². The summed E-state index contributed by atoms with van der Waals surface area (Å²) in [4.78, 5) is 9.17. The summed E-state index contributed by atoms with van der Waals surface area (Å²) in [5.41, 5.74) is 1.16. The molecule has 0 spiro atoms. The first-order valence-electron chi connectivity index (χ1n) is 8.22. The standard InChI is InChI=1S/C17H24N4O2/c1-3-6-16-18-17(23-19-16)13-20-9-11-21(12-10-20)14-7-4-5-8-15(14)22-2/h4-5,7-8H,3,6,9-13H2,1-2H3. The number of methoxy groups -OCH3 is 1. The van der Waals surface area contributed by atoms with Gasteiger partial charge in [0.2, 0.25) is 5.89 Å². The van der Waals surface area contributed by atoms with Crippen molar-refractivity contribution in [1.29, 1.82) is 0 Å². The smallest absolute Gasteiger partial charge is 0.240 e. The van der Waals surface area contributed by atoms with Gasteiger partial charge in [0.25, 0.3) is 0 Å². The molecule has 0 amide bonds. The molecular weight excluding hydrogens is 292 g/mol. The highest BCUT2D eigenvalue weighted by atomic mass is 16.5. The van der Waals surface area contributed by atoms with E-state index in [-0.39, 0.29) is 0 Å². The van der Waals surface area contributed by atoms with Crippen molar-refractivity contribution < 1.29 is 9.26 Å². The van der Waals surface area contributed by atoms with Crippen molar-refractivity contribution in [1.82, 2.24) is 15.0 Å².